The Kier molecular flexibility index (Phi) is 8.06. The lowest BCUT2D eigenvalue weighted by atomic mass is 9.96. The van der Waals surface area contributed by atoms with E-state index in [1.165, 1.54) is 6.92 Å². The smallest absolute Gasteiger partial charge is 0.303 e. The van der Waals surface area contributed by atoms with E-state index in [4.69, 9.17) is 24.5 Å². The molecule has 0 amide bonds. The third kappa shape index (κ3) is 6.33. The van der Waals surface area contributed by atoms with Crippen LogP contribution in [0.25, 0.3) is 10.4 Å². The average molecular weight is 423 g/mol. The van der Waals surface area contributed by atoms with Crippen molar-refractivity contribution in [2.24, 2.45) is 5.11 Å². The molecule has 3 rings (SSSR count). The van der Waals surface area contributed by atoms with Gasteiger partial charge in [-0.15, -0.1) is 0 Å². The summed E-state index contributed by atoms with van der Waals surface area (Å²) in [5, 5.41) is 3.78. The lowest BCUT2D eigenvalue weighted by molar-refractivity contribution is -0.190. The Morgan fingerprint density at radius 2 is 1.68 bits per heavy atom. The van der Waals surface area contributed by atoms with E-state index in [1.54, 1.807) is 0 Å². The number of carbonyl (C=O) groups is 1. The standard InChI is InChI=1S/C23H25N3O5/c1-16-21(25-26-24)23(29-14-19-11-7-4-8-12-19)22(31-17(2)27)20(30-16)15-28-13-18-9-5-3-6-10-18/h3-12,20-23H,1,13-15H2,2H3/t20?,21?,22-,23?/m1/s1. The summed E-state index contributed by atoms with van der Waals surface area (Å²) < 4.78 is 23.3. The Hall–Kier alpha value is -3.32. The van der Waals surface area contributed by atoms with E-state index < -0.39 is 30.3 Å². The van der Waals surface area contributed by atoms with Crippen molar-refractivity contribution in [3.63, 3.8) is 0 Å². The highest BCUT2D eigenvalue weighted by molar-refractivity contribution is 5.66. The average Bonchev–Trinajstić information content (AvgIpc) is 2.77. The lowest BCUT2D eigenvalue weighted by Crippen LogP contribution is -2.55. The van der Waals surface area contributed by atoms with Crippen LogP contribution in [0.5, 0.6) is 0 Å². The van der Waals surface area contributed by atoms with E-state index in [0.29, 0.717) is 6.61 Å². The van der Waals surface area contributed by atoms with Crippen LogP contribution in [-0.2, 0) is 37.0 Å². The maximum absolute atomic E-state index is 11.8. The highest BCUT2D eigenvalue weighted by Gasteiger charge is 2.46. The quantitative estimate of drug-likeness (QED) is 0.259. The van der Waals surface area contributed by atoms with E-state index >= 15 is 0 Å². The van der Waals surface area contributed by atoms with Crippen molar-refractivity contribution in [1.82, 2.24) is 0 Å². The van der Waals surface area contributed by atoms with Crippen LogP contribution in [0.4, 0.5) is 0 Å². The second kappa shape index (κ2) is 11.2. The molecule has 0 aliphatic carbocycles. The van der Waals surface area contributed by atoms with Gasteiger partial charge in [-0.3, -0.25) is 4.79 Å². The summed E-state index contributed by atoms with van der Waals surface area (Å²) in [6, 6.07) is 18.4. The number of azide groups is 1. The molecule has 1 fully saturated rings. The van der Waals surface area contributed by atoms with Crippen molar-refractivity contribution in [3.8, 4) is 0 Å². The minimum absolute atomic E-state index is 0.139. The number of hydrogen-bond acceptors (Lipinski definition) is 6. The van der Waals surface area contributed by atoms with E-state index in [-0.39, 0.29) is 19.0 Å². The number of benzene rings is 2. The van der Waals surface area contributed by atoms with Crippen molar-refractivity contribution >= 4 is 5.97 Å². The van der Waals surface area contributed by atoms with Gasteiger partial charge in [0.1, 0.15) is 17.9 Å². The zero-order valence-corrected chi connectivity index (χ0v) is 17.3. The van der Waals surface area contributed by atoms with E-state index in [2.05, 4.69) is 16.6 Å². The molecule has 0 N–H and O–H groups in total. The normalized spacial score (nSPS) is 22.8. The van der Waals surface area contributed by atoms with Gasteiger partial charge in [-0.05, 0) is 16.7 Å². The summed E-state index contributed by atoms with van der Waals surface area (Å²) in [5.74, 6) is -0.255. The summed E-state index contributed by atoms with van der Waals surface area (Å²) >= 11 is 0. The Morgan fingerprint density at radius 1 is 1.06 bits per heavy atom. The van der Waals surface area contributed by atoms with Crippen LogP contribution in [-0.4, -0.2) is 36.9 Å². The number of ether oxygens (including phenoxy) is 4. The van der Waals surface area contributed by atoms with Crippen LogP contribution >= 0.6 is 0 Å². The number of hydrogen-bond donors (Lipinski definition) is 0. The lowest BCUT2D eigenvalue weighted by Gasteiger charge is -2.41. The van der Waals surface area contributed by atoms with Crippen molar-refractivity contribution in [3.05, 3.63) is 94.6 Å². The molecule has 4 atom stereocenters. The van der Waals surface area contributed by atoms with Crippen LogP contribution in [0, 0.1) is 0 Å². The third-order valence-corrected chi connectivity index (χ3v) is 4.79. The minimum atomic E-state index is -0.844. The molecule has 0 spiro atoms. The molecule has 1 heterocycles. The maximum atomic E-state index is 11.8. The molecule has 0 radical (unpaired) electrons. The molecule has 1 saturated heterocycles. The van der Waals surface area contributed by atoms with Gasteiger partial charge in [0.25, 0.3) is 0 Å². The molecule has 2 aromatic rings. The molecule has 3 unspecified atom stereocenters. The first kappa shape index (κ1) is 22.4. The predicted octanol–water partition coefficient (Wildman–Crippen LogP) is 4.31. The number of rotatable bonds is 9. The summed E-state index contributed by atoms with van der Waals surface area (Å²) in [4.78, 5) is 14.7. The number of nitrogens with zero attached hydrogens (tertiary/aromatic N) is 3. The Balaban J connectivity index is 1.76. The number of esters is 1. The van der Waals surface area contributed by atoms with Gasteiger partial charge in [0.2, 0.25) is 0 Å². The van der Waals surface area contributed by atoms with Crippen molar-refractivity contribution in [2.45, 2.75) is 44.5 Å². The van der Waals surface area contributed by atoms with E-state index in [0.717, 1.165) is 11.1 Å². The van der Waals surface area contributed by atoms with Gasteiger partial charge in [-0.25, -0.2) is 0 Å². The third-order valence-electron chi connectivity index (χ3n) is 4.79. The molecule has 31 heavy (non-hydrogen) atoms. The van der Waals surface area contributed by atoms with Crippen LogP contribution in [0.3, 0.4) is 0 Å². The largest absolute Gasteiger partial charge is 0.488 e. The maximum Gasteiger partial charge on any atom is 0.303 e. The van der Waals surface area contributed by atoms with Gasteiger partial charge in [0.15, 0.2) is 12.2 Å². The molecule has 0 aromatic heterocycles. The van der Waals surface area contributed by atoms with Crippen molar-refractivity contribution in [2.75, 3.05) is 6.61 Å². The summed E-state index contributed by atoms with van der Waals surface area (Å²) in [7, 11) is 0. The van der Waals surface area contributed by atoms with Crippen LogP contribution in [0.1, 0.15) is 18.1 Å². The van der Waals surface area contributed by atoms with Gasteiger partial charge in [0, 0.05) is 11.8 Å². The fourth-order valence-corrected chi connectivity index (χ4v) is 3.37. The minimum Gasteiger partial charge on any atom is -0.488 e. The van der Waals surface area contributed by atoms with Gasteiger partial charge < -0.3 is 18.9 Å². The van der Waals surface area contributed by atoms with Gasteiger partial charge >= 0.3 is 5.97 Å². The second-order valence-electron chi connectivity index (χ2n) is 7.11. The summed E-state index contributed by atoms with van der Waals surface area (Å²) in [6.07, 6.45) is -2.27. The molecule has 0 saturated carbocycles. The molecule has 8 nitrogen and oxygen atoms in total. The fourth-order valence-electron chi connectivity index (χ4n) is 3.37. The molecule has 162 valence electrons. The molecule has 0 bridgehead atoms. The zero-order valence-electron chi connectivity index (χ0n) is 17.3. The highest BCUT2D eigenvalue weighted by atomic mass is 16.6. The molecule has 2 aromatic carbocycles. The van der Waals surface area contributed by atoms with Gasteiger partial charge in [0.05, 0.1) is 19.8 Å². The molecule has 1 aliphatic rings. The first-order chi connectivity index (χ1) is 15.1. The SMILES string of the molecule is C=C1OC(COCc2ccccc2)[C@@H](OC(C)=O)C(OCc2ccccc2)C1N=[N+]=[N-]. The van der Waals surface area contributed by atoms with Crippen molar-refractivity contribution < 1.29 is 23.7 Å². The first-order valence-corrected chi connectivity index (χ1v) is 9.92. The van der Waals surface area contributed by atoms with Gasteiger partial charge in [-0.1, -0.05) is 72.4 Å². The Labute approximate surface area is 181 Å². The molecular weight excluding hydrogens is 398 g/mol. The first-order valence-electron chi connectivity index (χ1n) is 9.92. The molecule has 1 aliphatic heterocycles. The van der Waals surface area contributed by atoms with E-state index in [1.807, 2.05) is 60.7 Å². The topological polar surface area (TPSA) is 103 Å². The Bertz CT molecular complexity index is 915. The molecular formula is C23H25N3O5. The summed E-state index contributed by atoms with van der Waals surface area (Å²) in [5.41, 5.74) is 10.9. The second-order valence-corrected chi connectivity index (χ2v) is 7.11. The van der Waals surface area contributed by atoms with Crippen LogP contribution in [0.15, 0.2) is 78.1 Å². The van der Waals surface area contributed by atoms with Crippen LogP contribution < -0.4 is 0 Å². The number of carbonyl (C=O) groups excluding carboxylic acids is 1. The highest BCUT2D eigenvalue weighted by Crippen LogP contribution is 2.31. The predicted molar refractivity (Wildman–Crippen MR) is 114 cm³/mol. The van der Waals surface area contributed by atoms with E-state index in [9.17, 15) is 4.79 Å². The van der Waals surface area contributed by atoms with Gasteiger partial charge in [-0.2, -0.15) is 0 Å². The Morgan fingerprint density at radius 3 is 2.26 bits per heavy atom. The zero-order chi connectivity index (χ0) is 22.1. The van der Waals surface area contributed by atoms with Crippen molar-refractivity contribution in [1.29, 1.82) is 0 Å². The fraction of sp³-hybridized carbons (Fsp3) is 0.348. The molecule has 8 heteroatoms. The monoisotopic (exact) mass is 423 g/mol. The van der Waals surface area contributed by atoms with Crippen LogP contribution in [0.2, 0.25) is 0 Å². The summed E-state index contributed by atoms with van der Waals surface area (Å²) in [6.45, 7) is 5.94.